The second kappa shape index (κ2) is 7.72. The molecule has 3 atom stereocenters. The number of aliphatic hydroxyl groups excluding tert-OH is 1. The molecule has 6 nitrogen and oxygen atoms in total. The number of rotatable bonds is 6. The summed E-state index contributed by atoms with van der Waals surface area (Å²) in [5.41, 5.74) is 3.18. The Morgan fingerprint density at radius 1 is 1.14 bits per heavy atom. The second-order valence-electron chi connectivity index (χ2n) is 7.66. The molecule has 2 heterocycles. The number of hydrogen-bond donors (Lipinski definition) is 2. The molecule has 2 aromatic rings. The van der Waals surface area contributed by atoms with E-state index in [0.717, 1.165) is 29.5 Å². The fourth-order valence-electron chi connectivity index (χ4n) is 4.17. The van der Waals surface area contributed by atoms with E-state index in [-0.39, 0.29) is 42.3 Å². The van der Waals surface area contributed by atoms with Gasteiger partial charge in [-0.2, -0.15) is 0 Å². The monoisotopic (exact) mass is 379 g/mol. The van der Waals surface area contributed by atoms with Crippen LogP contribution in [0.15, 0.2) is 48.8 Å². The van der Waals surface area contributed by atoms with Crippen molar-refractivity contribution in [3.63, 3.8) is 0 Å². The van der Waals surface area contributed by atoms with Gasteiger partial charge in [-0.25, -0.2) is 0 Å². The first-order valence-electron chi connectivity index (χ1n) is 9.78. The predicted molar refractivity (Wildman–Crippen MR) is 105 cm³/mol. The van der Waals surface area contributed by atoms with Crippen LogP contribution in [0.25, 0.3) is 11.1 Å². The maximum absolute atomic E-state index is 12.7. The molecule has 0 unspecified atom stereocenters. The lowest BCUT2D eigenvalue weighted by Gasteiger charge is -2.55. The Labute approximate surface area is 164 Å². The Kier molecular flexibility index (Phi) is 5.13. The molecule has 0 radical (unpaired) electrons. The lowest BCUT2D eigenvalue weighted by atomic mass is 9.74. The van der Waals surface area contributed by atoms with Gasteiger partial charge in [-0.05, 0) is 35.6 Å². The van der Waals surface area contributed by atoms with Gasteiger partial charge in [0.2, 0.25) is 11.8 Å². The van der Waals surface area contributed by atoms with E-state index in [2.05, 4.69) is 22.4 Å². The van der Waals surface area contributed by atoms with Crippen molar-refractivity contribution in [2.45, 2.75) is 37.8 Å². The molecule has 1 aliphatic heterocycles. The predicted octanol–water partition coefficient (Wildman–Crippen LogP) is 1.95. The van der Waals surface area contributed by atoms with Crippen molar-refractivity contribution in [2.75, 3.05) is 13.2 Å². The minimum absolute atomic E-state index is 0.00231. The molecule has 2 aliphatic rings. The van der Waals surface area contributed by atoms with E-state index < -0.39 is 0 Å². The first kappa shape index (κ1) is 18.6. The molecular formula is C22H25N3O3. The zero-order valence-electron chi connectivity index (χ0n) is 15.9. The van der Waals surface area contributed by atoms with Crippen LogP contribution >= 0.6 is 0 Å². The zero-order chi connectivity index (χ0) is 19.7. The number of nitrogens with one attached hydrogen (secondary N) is 1. The third-order valence-electron chi connectivity index (χ3n) is 5.76. The quantitative estimate of drug-likeness (QED) is 0.804. The van der Waals surface area contributed by atoms with Crippen molar-refractivity contribution in [1.29, 1.82) is 0 Å². The number of amides is 2. The molecule has 1 saturated carbocycles. The lowest BCUT2D eigenvalue weighted by molar-refractivity contribution is -0.152. The van der Waals surface area contributed by atoms with E-state index >= 15 is 0 Å². The van der Waals surface area contributed by atoms with Crippen molar-refractivity contribution in [3.05, 3.63) is 54.4 Å². The van der Waals surface area contributed by atoms with E-state index in [0.29, 0.717) is 6.54 Å². The number of aromatic nitrogens is 1. The highest BCUT2D eigenvalue weighted by Gasteiger charge is 2.53. The first-order valence-corrected chi connectivity index (χ1v) is 9.78. The van der Waals surface area contributed by atoms with Gasteiger partial charge in [-0.3, -0.25) is 14.6 Å². The van der Waals surface area contributed by atoms with Gasteiger partial charge >= 0.3 is 0 Å². The SMILES string of the molecule is CC(=O)NC[C@@H]1[C@H](c2ccc(-c3cccnc3)cc2)[C@H](CO)N1C(=O)C1CC1. The second-order valence-corrected chi connectivity index (χ2v) is 7.66. The van der Waals surface area contributed by atoms with Crippen molar-refractivity contribution in [1.82, 2.24) is 15.2 Å². The fraction of sp³-hybridized carbons (Fsp3) is 0.409. The molecule has 2 N–H and O–H groups in total. The molecule has 6 heteroatoms. The molecule has 2 amide bonds. The van der Waals surface area contributed by atoms with E-state index in [1.54, 1.807) is 11.1 Å². The van der Waals surface area contributed by atoms with E-state index in [9.17, 15) is 14.7 Å². The first-order chi connectivity index (χ1) is 13.6. The average Bonchev–Trinajstić information content (AvgIpc) is 3.54. The summed E-state index contributed by atoms with van der Waals surface area (Å²) in [5, 5.41) is 12.8. The average molecular weight is 379 g/mol. The van der Waals surface area contributed by atoms with Crippen LogP contribution in [0, 0.1) is 5.92 Å². The van der Waals surface area contributed by atoms with Gasteiger partial charge in [0.15, 0.2) is 0 Å². The molecule has 4 rings (SSSR count). The third kappa shape index (κ3) is 3.52. The van der Waals surface area contributed by atoms with Gasteiger partial charge < -0.3 is 15.3 Å². The Morgan fingerprint density at radius 2 is 1.89 bits per heavy atom. The molecule has 1 aromatic heterocycles. The van der Waals surface area contributed by atoms with Crippen molar-refractivity contribution >= 4 is 11.8 Å². The van der Waals surface area contributed by atoms with Crippen LogP contribution < -0.4 is 5.32 Å². The molecule has 2 fully saturated rings. The molecule has 1 aromatic carbocycles. The molecule has 1 saturated heterocycles. The van der Waals surface area contributed by atoms with Crippen molar-refractivity contribution in [3.8, 4) is 11.1 Å². The molecule has 0 spiro atoms. The highest BCUT2D eigenvalue weighted by atomic mass is 16.3. The number of carbonyl (C=O) groups is 2. The Morgan fingerprint density at radius 3 is 2.46 bits per heavy atom. The van der Waals surface area contributed by atoms with E-state index in [1.165, 1.54) is 6.92 Å². The van der Waals surface area contributed by atoms with Crippen LogP contribution in [0.2, 0.25) is 0 Å². The van der Waals surface area contributed by atoms with Crippen LogP contribution in [0.3, 0.4) is 0 Å². The third-order valence-corrected chi connectivity index (χ3v) is 5.76. The maximum atomic E-state index is 12.7. The van der Waals surface area contributed by atoms with Gasteiger partial charge in [0.05, 0.1) is 18.7 Å². The summed E-state index contributed by atoms with van der Waals surface area (Å²) in [6, 6.07) is 11.7. The number of hydrogen-bond acceptors (Lipinski definition) is 4. The van der Waals surface area contributed by atoms with E-state index in [4.69, 9.17) is 0 Å². The van der Waals surface area contributed by atoms with Gasteiger partial charge in [0.1, 0.15) is 0 Å². The maximum Gasteiger partial charge on any atom is 0.226 e. The molecular weight excluding hydrogens is 354 g/mol. The molecule has 146 valence electrons. The lowest BCUT2D eigenvalue weighted by Crippen LogP contribution is -2.68. The standard InChI is InChI=1S/C22H25N3O3/c1-14(27)24-12-19-21(20(13-26)25(19)22(28)17-8-9-17)16-6-4-15(5-7-16)18-3-2-10-23-11-18/h2-7,10-11,17,19-21,26H,8-9,12-13H2,1H3,(H,24,27)/t19-,20+,21+/m1/s1. The number of carbonyl (C=O) groups excluding carboxylic acids is 2. The van der Waals surface area contributed by atoms with Crippen LogP contribution in [-0.4, -0.2) is 52.0 Å². The minimum Gasteiger partial charge on any atom is -0.394 e. The highest BCUT2D eigenvalue weighted by molar-refractivity contribution is 5.83. The van der Waals surface area contributed by atoms with Gasteiger partial charge in [-0.15, -0.1) is 0 Å². The van der Waals surface area contributed by atoms with Crippen LogP contribution in [-0.2, 0) is 9.59 Å². The highest BCUT2D eigenvalue weighted by Crippen LogP contribution is 2.44. The summed E-state index contributed by atoms with van der Waals surface area (Å²) >= 11 is 0. The molecule has 28 heavy (non-hydrogen) atoms. The number of nitrogens with zero attached hydrogens (tertiary/aromatic N) is 2. The summed E-state index contributed by atoms with van der Waals surface area (Å²) in [5.74, 6) is 0.0832. The van der Waals surface area contributed by atoms with Crippen LogP contribution in [0.5, 0.6) is 0 Å². The summed E-state index contributed by atoms with van der Waals surface area (Å²) in [6.07, 6.45) is 5.41. The zero-order valence-corrected chi connectivity index (χ0v) is 15.9. The Balaban J connectivity index is 1.58. The fourth-order valence-corrected chi connectivity index (χ4v) is 4.17. The number of benzene rings is 1. The topological polar surface area (TPSA) is 82.5 Å². The Hall–Kier alpha value is -2.73. The van der Waals surface area contributed by atoms with Crippen molar-refractivity contribution < 1.29 is 14.7 Å². The summed E-state index contributed by atoms with van der Waals surface area (Å²) in [4.78, 5) is 30.1. The van der Waals surface area contributed by atoms with E-state index in [1.807, 2.05) is 30.5 Å². The summed E-state index contributed by atoms with van der Waals surface area (Å²) in [7, 11) is 0. The summed E-state index contributed by atoms with van der Waals surface area (Å²) < 4.78 is 0. The van der Waals surface area contributed by atoms with Crippen LogP contribution in [0.1, 0.15) is 31.2 Å². The molecule has 0 bridgehead atoms. The van der Waals surface area contributed by atoms with Gasteiger partial charge in [0, 0.05) is 37.7 Å². The number of likely N-dealkylation sites (tertiary alicyclic amines) is 1. The number of aliphatic hydroxyl groups is 1. The number of pyridine rings is 1. The van der Waals surface area contributed by atoms with Gasteiger partial charge in [-0.1, -0.05) is 30.3 Å². The Bertz CT molecular complexity index is 849. The smallest absolute Gasteiger partial charge is 0.226 e. The van der Waals surface area contributed by atoms with Crippen molar-refractivity contribution in [2.24, 2.45) is 5.92 Å². The normalized spacial score (nSPS) is 23.8. The minimum atomic E-state index is -0.240. The van der Waals surface area contributed by atoms with Crippen LogP contribution in [0.4, 0.5) is 0 Å². The summed E-state index contributed by atoms with van der Waals surface area (Å²) in [6.45, 7) is 1.80. The largest absolute Gasteiger partial charge is 0.394 e. The van der Waals surface area contributed by atoms with Gasteiger partial charge in [0.25, 0.3) is 0 Å². The molecule has 1 aliphatic carbocycles.